The minimum absolute atomic E-state index is 0.00611. The minimum Gasteiger partial charge on any atom is -0.378 e. The lowest BCUT2D eigenvalue weighted by Gasteiger charge is -2.28. The summed E-state index contributed by atoms with van der Waals surface area (Å²) in [5.41, 5.74) is 4.70. The van der Waals surface area contributed by atoms with Crippen LogP contribution in [0.4, 0.5) is 11.5 Å². The van der Waals surface area contributed by atoms with Crippen LogP contribution in [0.2, 0.25) is 5.02 Å². The predicted molar refractivity (Wildman–Crippen MR) is 121 cm³/mol. The van der Waals surface area contributed by atoms with Crippen molar-refractivity contribution in [3.63, 3.8) is 0 Å². The van der Waals surface area contributed by atoms with Crippen molar-refractivity contribution in [1.82, 2.24) is 9.97 Å². The molecule has 0 saturated carbocycles. The molecule has 5 rings (SSSR count). The molecule has 0 aliphatic carbocycles. The fourth-order valence-electron chi connectivity index (χ4n) is 4.16. The van der Waals surface area contributed by atoms with Crippen molar-refractivity contribution in [3.05, 3.63) is 82.3 Å². The van der Waals surface area contributed by atoms with Crippen LogP contribution in [0.15, 0.2) is 55.0 Å². The number of carbonyl (C=O) groups is 1. The predicted octanol–water partition coefficient (Wildman–Crippen LogP) is 3.76. The number of pyridine rings is 2. The van der Waals surface area contributed by atoms with Gasteiger partial charge in [0.05, 0.1) is 25.1 Å². The maximum absolute atomic E-state index is 13.0. The second-order valence-corrected chi connectivity index (χ2v) is 8.30. The molecular formula is C24H23ClN4O2. The molecule has 158 valence electrons. The van der Waals surface area contributed by atoms with Crippen molar-refractivity contribution in [2.45, 2.75) is 12.8 Å². The van der Waals surface area contributed by atoms with Gasteiger partial charge >= 0.3 is 0 Å². The third-order valence-corrected chi connectivity index (χ3v) is 6.03. The van der Waals surface area contributed by atoms with E-state index in [1.165, 1.54) is 0 Å². The Labute approximate surface area is 186 Å². The van der Waals surface area contributed by atoms with Crippen LogP contribution in [0.25, 0.3) is 0 Å². The minimum atomic E-state index is -0.00611. The number of anilines is 2. The molecule has 7 heteroatoms. The number of carbonyl (C=O) groups excluding carboxylic acids is 1. The Balaban J connectivity index is 1.31. The standard InChI is InChI=1S/C24H23ClN4O2/c25-20-2-3-22-19(13-20)5-6-29(24(22)30)21-12-18(14-26-16-21)11-17-1-4-23(27-15-17)28-7-9-31-10-8-28/h1-4,12-16H,5-11H2. The monoisotopic (exact) mass is 434 g/mol. The highest BCUT2D eigenvalue weighted by Gasteiger charge is 2.26. The highest BCUT2D eigenvalue weighted by molar-refractivity contribution is 6.30. The molecule has 1 fully saturated rings. The van der Waals surface area contributed by atoms with Gasteiger partial charge in [0.2, 0.25) is 0 Å². The smallest absolute Gasteiger partial charge is 0.258 e. The number of rotatable bonds is 4. The number of halogens is 1. The quantitative estimate of drug-likeness (QED) is 0.625. The largest absolute Gasteiger partial charge is 0.378 e. The highest BCUT2D eigenvalue weighted by Crippen LogP contribution is 2.27. The molecule has 0 N–H and O–H groups in total. The Kier molecular flexibility index (Phi) is 5.57. The lowest BCUT2D eigenvalue weighted by molar-refractivity contribution is 0.0980. The molecule has 31 heavy (non-hydrogen) atoms. The molecule has 0 atom stereocenters. The van der Waals surface area contributed by atoms with Crippen molar-refractivity contribution in [1.29, 1.82) is 0 Å². The highest BCUT2D eigenvalue weighted by atomic mass is 35.5. The lowest BCUT2D eigenvalue weighted by Crippen LogP contribution is -2.37. The van der Waals surface area contributed by atoms with Gasteiger partial charge in [-0.1, -0.05) is 17.7 Å². The summed E-state index contributed by atoms with van der Waals surface area (Å²) in [6.45, 7) is 3.85. The number of amides is 1. The summed E-state index contributed by atoms with van der Waals surface area (Å²) in [5, 5.41) is 0.664. The molecule has 0 unspecified atom stereocenters. The van der Waals surface area contributed by atoms with E-state index >= 15 is 0 Å². The van der Waals surface area contributed by atoms with Gasteiger partial charge in [0, 0.05) is 49.0 Å². The second-order valence-electron chi connectivity index (χ2n) is 7.86. The normalized spacial score (nSPS) is 16.4. The van der Waals surface area contributed by atoms with Gasteiger partial charge in [0.25, 0.3) is 5.91 Å². The Bertz CT molecular complexity index is 1100. The number of morpholine rings is 1. The van der Waals surface area contributed by atoms with Crippen LogP contribution in [0.5, 0.6) is 0 Å². The molecule has 3 aromatic rings. The van der Waals surface area contributed by atoms with E-state index in [1.807, 2.05) is 30.6 Å². The van der Waals surface area contributed by atoms with Crippen molar-refractivity contribution in [2.75, 3.05) is 42.6 Å². The van der Waals surface area contributed by atoms with Crippen molar-refractivity contribution < 1.29 is 9.53 Å². The number of benzene rings is 1. The summed E-state index contributed by atoms with van der Waals surface area (Å²) in [5.74, 6) is 0.977. The second kappa shape index (κ2) is 8.65. The summed E-state index contributed by atoms with van der Waals surface area (Å²) in [4.78, 5) is 26.1. The van der Waals surface area contributed by atoms with E-state index in [9.17, 15) is 4.79 Å². The topological polar surface area (TPSA) is 58.6 Å². The number of hydrogen-bond donors (Lipinski definition) is 0. The first kappa shape index (κ1) is 20.0. The molecule has 0 spiro atoms. The van der Waals surface area contributed by atoms with Gasteiger partial charge in [0.15, 0.2) is 0 Å². The Morgan fingerprint density at radius 1 is 0.968 bits per heavy atom. The molecule has 4 heterocycles. The number of aromatic nitrogens is 2. The number of fused-ring (bicyclic) bond motifs is 1. The molecule has 2 aromatic heterocycles. The molecule has 1 amide bonds. The maximum Gasteiger partial charge on any atom is 0.258 e. The van der Waals surface area contributed by atoms with E-state index in [1.54, 1.807) is 17.2 Å². The maximum atomic E-state index is 13.0. The van der Waals surface area contributed by atoms with Crippen LogP contribution in [0, 0.1) is 0 Å². The Hall–Kier alpha value is -2.96. The zero-order valence-corrected chi connectivity index (χ0v) is 17.9. The van der Waals surface area contributed by atoms with Crippen LogP contribution < -0.4 is 9.80 Å². The first-order valence-electron chi connectivity index (χ1n) is 10.5. The number of nitrogens with zero attached hydrogens (tertiary/aromatic N) is 4. The first-order chi connectivity index (χ1) is 15.2. The van der Waals surface area contributed by atoms with E-state index in [4.69, 9.17) is 16.3 Å². The molecule has 0 radical (unpaired) electrons. The molecule has 2 aliphatic heterocycles. The van der Waals surface area contributed by atoms with Gasteiger partial charge in [-0.15, -0.1) is 0 Å². The van der Waals surface area contributed by atoms with E-state index < -0.39 is 0 Å². The molecule has 6 nitrogen and oxygen atoms in total. The fourth-order valence-corrected chi connectivity index (χ4v) is 4.35. The molecule has 0 bridgehead atoms. The van der Waals surface area contributed by atoms with Crippen LogP contribution in [0.1, 0.15) is 27.0 Å². The summed E-state index contributed by atoms with van der Waals surface area (Å²) in [7, 11) is 0. The van der Waals surface area contributed by atoms with Crippen molar-refractivity contribution in [2.24, 2.45) is 0 Å². The molecule has 1 aromatic carbocycles. The van der Waals surface area contributed by atoms with E-state index in [0.29, 0.717) is 23.6 Å². The van der Waals surface area contributed by atoms with E-state index in [0.717, 1.165) is 60.9 Å². The van der Waals surface area contributed by atoms with E-state index in [-0.39, 0.29) is 5.91 Å². The lowest BCUT2D eigenvalue weighted by atomic mass is 9.98. The van der Waals surface area contributed by atoms with Gasteiger partial charge in [-0.2, -0.15) is 0 Å². The van der Waals surface area contributed by atoms with Crippen LogP contribution in [0.3, 0.4) is 0 Å². The van der Waals surface area contributed by atoms with Crippen LogP contribution in [-0.2, 0) is 17.6 Å². The summed E-state index contributed by atoms with van der Waals surface area (Å²) in [6.07, 6.45) is 7.01. The molecular weight excluding hydrogens is 412 g/mol. The van der Waals surface area contributed by atoms with Gasteiger partial charge in [-0.05, 0) is 53.4 Å². The third-order valence-electron chi connectivity index (χ3n) is 5.79. The van der Waals surface area contributed by atoms with E-state index in [2.05, 4.69) is 27.0 Å². The molecule has 2 aliphatic rings. The SMILES string of the molecule is O=C1c2ccc(Cl)cc2CCN1c1cncc(Cc2ccc(N3CCOCC3)nc2)c1. The van der Waals surface area contributed by atoms with Gasteiger partial charge < -0.3 is 14.5 Å². The Morgan fingerprint density at radius 2 is 1.84 bits per heavy atom. The zero-order valence-electron chi connectivity index (χ0n) is 17.1. The number of ether oxygens (including phenoxy) is 1. The van der Waals surface area contributed by atoms with Gasteiger partial charge in [-0.3, -0.25) is 9.78 Å². The zero-order chi connectivity index (χ0) is 21.2. The number of hydrogen-bond acceptors (Lipinski definition) is 5. The Morgan fingerprint density at radius 3 is 2.65 bits per heavy atom. The van der Waals surface area contributed by atoms with Crippen molar-refractivity contribution in [3.8, 4) is 0 Å². The van der Waals surface area contributed by atoms with Crippen LogP contribution in [-0.4, -0.2) is 48.7 Å². The van der Waals surface area contributed by atoms with Gasteiger partial charge in [0.1, 0.15) is 5.82 Å². The average Bonchev–Trinajstić information content (AvgIpc) is 2.80. The fraction of sp³-hybridized carbons (Fsp3) is 0.292. The summed E-state index contributed by atoms with van der Waals surface area (Å²) < 4.78 is 5.41. The summed E-state index contributed by atoms with van der Waals surface area (Å²) >= 11 is 6.08. The van der Waals surface area contributed by atoms with Crippen molar-refractivity contribution >= 4 is 29.0 Å². The van der Waals surface area contributed by atoms with Gasteiger partial charge in [-0.25, -0.2) is 4.98 Å². The summed E-state index contributed by atoms with van der Waals surface area (Å²) in [6, 6.07) is 11.7. The first-order valence-corrected chi connectivity index (χ1v) is 10.9. The van der Waals surface area contributed by atoms with Crippen LogP contribution >= 0.6 is 11.6 Å². The molecule has 1 saturated heterocycles. The third kappa shape index (κ3) is 4.27. The average molecular weight is 435 g/mol.